The molecule has 3 aliphatic heterocycles. The molecule has 17 atom stereocenters. The normalized spacial score (nSPS) is 31.7. The predicted molar refractivity (Wildman–Crippen MR) is 286 cm³/mol. The first-order valence-corrected chi connectivity index (χ1v) is 27.5. The molecule has 0 aromatic carbocycles. The smallest absolute Gasteiger partial charge is 0.224 e. The Morgan fingerprint density at radius 1 is 0.487 bits per heavy atom. The van der Waals surface area contributed by atoms with E-state index in [0.717, 1.165) is 51.4 Å². The van der Waals surface area contributed by atoms with Crippen LogP contribution in [0.5, 0.6) is 0 Å². The number of hydrogen-bond donors (Lipinski definition) is 12. The van der Waals surface area contributed by atoms with Crippen LogP contribution in [0, 0.1) is 0 Å². The molecule has 17 unspecified atom stereocenters. The molecule has 0 spiro atoms. The van der Waals surface area contributed by atoms with Gasteiger partial charge in [-0.05, 0) is 70.6 Å². The van der Waals surface area contributed by atoms with Gasteiger partial charge >= 0.3 is 0 Å². The van der Waals surface area contributed by atoms with Gasteiger partial charge in [0.15, 0.2) is 18.9 Å². The second-order valence-corrected chi connectivity index (χ2v) is 19.3. The van der Waals surface area contributed by atoms with Gasteiger partial charge in [-0.1, -0.05) is 143 Å². The third-order valence-corrected chi connectivity index (χ3v) is 13.1. The second-order valence-electron chi connectivity index (χ2n) is 19.3. The summed E-state index contributed by atoms with van der Waals surface area (Å²) in [5.74, 6) is -0.423. The molecule has 19 heteroatoms. The van der Waals surface area contributed by atoms with Crippen LogP contribution in [-0.2, 0) is 33.2 Å². The summed E-state index contributed by atoms with van der Waals surface area (Å²) in [6, 6.07) is -1.06. The molecule has 12 N–H and O–H groups in total. The zero-order valence-corrected chi connectivity index (χ0v) is 44.7. The molecule has 434 valence electrons. The van der Waals surface area contributed by atoms with Crippen molar-refractivity contribution in [3.05, 3.63) is 97.2 Å². The third-order valence-electron chi connectivity index (χ3n) is 13.1. The number of nitrogens with one attached hydrogen (secondary N) is 1. The molecule has 0 bridgehead atoms. The van der Waals surface area contributed by atoms with Crippen molar-refractivity contribution >= 4 is 5.91 Å². The minimum absolute atomic E-state index is 0.00604. The summed E-state index contributed by atoms with van der Waals surface area (Å²) in [6.45, 7) is 1.45. The van der Waals surface area contributed by atoms with Gasteiger partial charge in [0, 0.05) is 6.42 Å². The fraction of sp³-hybridized carbons (Fsp3) is 0.702. The van der Waals surface area contributed by atoms with Crippen molar-refractivity contribution in [2.45, 2.75) is 227 Å². The van der Waals surface area contributed by atoms with Crippen LogP contribution in [0.1, 0.15) is 123 Å². The highest BCUT2D eigenvalue weighted by Gasteiger charge is 2.53. The molecule has 3 rings (SSSR count). The van der Waals surface area contributed by atoms with Crippen LogP contribution in [0.4, 0.5) is 0 Å². The lowest BCUT2D eigenvalue weighted by Crippen LogP contribution is -2.66. The van der Waals surface area contributed by atoms with Gasteiger partial charge in [0.05, 0.1) is 38.6 Å². The van der Waals surface area contributed by atoms with Gasteiger partial charge < -0.3 is 89.9 Å². The molecular formula is C57H93NO18. The first kappa shape index (κ1) is 67.0. The van der Waals surface area contributed by atoms with Crippen molar-refractivity contribution in [3.8, 4) is 0 Å². The zero-order chi connectivity index (χ0) is 55.5. The van der Waals surface area contributed by atoms with E-state index < -0.39 is 137 Å². The van der Waals surface area contributed by atoms with Crippen molar-refractivity contribution in [1.29, 1.82) is 0 Å². The first-order valence-electron chi connectivity index (χ1n) is 27.5. The Bertz CT molecular complexity index is 1770. The van der Waals surface area contributed by atoms with Crippen molar-refractivity contribution in [1.82, 2.24) is 5.32 Å². The summed E-state index contributed by atoms with van der Waals surface area (Å²) in [7, 11) is 0. The fourth-order valence-electron chi connectivity index (χ4n) is 8.58. The Kier molecular flexibility index (Phi) is 35.2. The number of aliphatic hydroxyl groups is 11. The largest absolute Gasteiger partial charge is 0.394 e. The summed E-state index contributed by atoms with van der Waals surface area (Å²) in [6.07, 6.45) is 21.4. The molecule has 0 radical (unpaired) electrons. The highest BCUT2D eigenvalue weighted by Crippen LogP contribution is 2.33. The highest BCUT2D eigenvalue weighted by molar-refractivity contribution is 5.77. The number of aliphatic hydroxyl groups excluding tert-OH is 11. The molecule has 3 aliphatic rings. The minimum atomic E-state index is -1.99. The lowest BCUT2D eigenvalue weighted by Gasteiger charge is -2.48. The molecular weight excluding hydrogens is 987 g/mol. The number of rotatable bonds is 37. The Hall–Kier alpha value is -3.29. The molecule has 0 aromatic rings. The van der Waals surface area contributed by atoms with Crippen LogP contribution in [0.15, 0.2) is 97.2 Å². The maximum atomic E-state index is 13.2. The maximum Gasteiger partial charge on any atom is 0.224 e. The van der Waals surface area contributed by atoms with Crippen LogP contribution >= 0.6 is 0 Å². The summed E-state index contributed by atoms with van der Waals surface area (Å²) in [5.41, 5.74) is 0. The monoisotopic (exact) mass is 1080 g/mol. The van der Waals surface area contributed by atoms with Gasteiger partial charge in [0.2, 0.25) is 5.91 Å². The van der Waals surface area contributed by atoms with Gasteiger partial charge in [-0.2, -0.15) is 0 Å². The van der Waals surface area contributed by atoms with E-state index in [1.807, 2.05) is 18.2 Å². The van der Waals surface area contributed by atoms with Crippen molar-refractivity contribution in [2.75, 3.05) is 26.4 Å². The molecule has 0 aliphatic carbocycles. The zero-order valence-electron chi connectivity index (χ0n) is 44.7. The fourth-order valence-corrected chi connectivity index (χ4v) is 8.58. The third kappa shape index (κ3) is 24.4. The number of carbonyl (C=O) groups is 1. The van der Waals surface area contributed by atoms with E-state index in [0.29, 0.717) is 12.8 Å². The van der Waals surface area contributed by atoms with Crippen LogP contribution in [0.2, 0.25) is 0 Å². The quantitative estimate of drug-likeness (QED) is 0.0313. The van der Waals surface area contributed by atoms with Crippen molar-refractivity contribution in [3.63, 3.8) is 0 Å². The maximum absolute atomic E-state index is 13.2. The number of unbranched alkanes of at least 4 members (excludes halogenated alkanes) is 8. The highest BCUT2D eigenvalue weighted by atomic mass is 16.8. The molecule has 19 nitrogen and oxygen atoms in total. The van der Waals surface area contributed by atoms with E-state index in [1.54, 1.807) is 18.2 Å². The lowest BCUT2D eigenvalue weighted by molar-refractivity contribution is -0.379. The van der Waals surface area contributed by atoms with Crippen molar-refractivity contribution < 1.29 is 89.4 Å². The summed E-state index contributed by atoms with van der Waals surface area (Å²) < 4.78 is 34.1. The number of allylic oxidation sites excluding steroid dienone is 14. The molecule has 3 fully saturated rings. The average Bonchev–Trinajstić information content (AvgIpc) is 3.41. The number of amides is 1. The van der Waals surface area contributed by atoms with Crippen LogP contribution in [-0.4, -0.2) is 193 Å². The molecule has 3 saturated heterocycles. The molecule has 0 saturated carbocycles. The predicted octanol–water partition coefficient (Wildman–Crippen LogP) is 3.42. The van der Waals surface area contributed by atoms with Crippen LogP contribution in [0.25, 0.3) is 0 Å². The van der Waals surface area contributed by atoms with Crippen LogP contribution in [0.3, 0.4) is 0 Å². The Labute approximate surface area is 450 Å². The van der Waals surface area contributed by atoms with Gasteiger partial charge in [0.1, 0.15) is 73.2 Å². The van der Waals surface area contributed by atoms with E-state index >= 15 is 0 Å². The van der Waals surface area contributed by atoms with Gasteiger partial charge in [-0.25, -0.2) is 0 Å². The summed E-state index contributed by atoms with van der Waals surface area (Å²) >= 11 is 0. The molecule has 3 heterocycles. The molecule has 0 aromatic heterocycles. The topological polar surface area (TPSA) is 307 Å². The Balaban J connectivity index is 1.59. The number of hydrogen-bond acceptors (Lipinski definition) is 18. The van der Waals surface area contributed by atoms with Crippen LogP contribution < -0.4 is 5.32 Å². The first-order chi connectivity index (χ1) is 36.8. The second kappa shape index (κ2) is 40.0. The number of carbonyl (C=O) groups excluding carboxylic acids is 1. The van der Waals surface area contributed by atoms with Gasteiger partial charge in [0.25, 0.3) is 0 Å². The Morgan fingerprint density at radius 2 is 0.921 bits per heavy atom. The molecule has 76 heavy (non-hydrogen) atoms. The van der Waals surface area contributed by atoms with Crippen molar-refractivity contribution in [2.24, 2.45) is 0 Å². The van der Waals surface area contributed by atoms with Gasteiger partial charge in [-0.15, -0.1) is 0 Å². The average molecular weight is 1080 g/mol. The summed E-state index contributed by atoms with van der Waals surface area (Å²) in [5, 5.41) is 120. The number of ether oxygens (including phenoxy) is 6. The van der Waals surface area contributed by atoms with Gasteiger partial charge in [-0.3, -0.25) is 4.79 Å². The van der Waals surface area contributed by atoms with E-state index in [4.69, 9.17) is 28.4 Å². The summed E-state index contributed by atoms with van der Waals surface area (Å²) in [4.78, 5) is 13.2. The van der Waals surface area contributed by atoms with E-state index in [2.05, 4.69) is 79.9 Å². The van der Waals surface area contributed by atoms with E-state index in [9.17, 15) is 61.0 Å². The van der Waals surface area contributed by atoms with E-state index in [1.165, 1.54) is 38.5 Å². The lowest BCUT2D eigenvalue weighted by atomic mass is 9.96. The Morgan fingerprint density at radius 3 is 1.45 bits per heavy atom. The standard InChI is InChI=1S/C57H93NO18/c1-3-5-7-9-11-13-15-17-19-21-22-24-26-28-30-32-34-41(62)40(58-45(63)35-33-31-29-27-25-23-20-18-16-14-12-10-8-6-4-2)39-71-55-51(69)48(66)53(43(37-60)73-55)76-57-52(70)49(67)54(44(38-61)74-57)75-56-50(68)47(65)46(64)42(36-59)72-56/h6,8,12,14,17-20,24-27,31-34,40-44,46-57,59-62,64-70H,3-5,7,9-11,13,15-16,21-23,28-30,35-39H2,1-2H3,(H,58,63)/b8-6-,14-12-,19-17+,20-18-,26-24+,27-25-,33-31-,34-32+. The minimum Gasteiger partial charge on any atom is -0.394 e. The van der Waals surface area contributed by atoms with E-state index in [-0.39, 0.29) is 6.42 Å². The SMILES string of the molecule is CC/C=C\C/C=C\C/C=C\C/C=C\C/C=C\CC(=O)NC(COC1OC(CO)C(OC2OC(CO)C(OC3OC(CO)C(O)C(O)C3O)C(O)C2O)C(O)C1O)C(O)/C=C/CC/C=C/CC/C=C/CCCCCCCC. The molecule has 1 amide bonds.